The first-order chi connectivity index (χ1) is 9.13. The lowest BCUT2D eigenvalue weighted by Crippen LogP contribution is -2.42. The van der Waals surface area contributed by atoms with Gasteiger partial charge in [0.2, 0.25) is 5.91 Å². The van der Waals surface area contributed by atoms with Gasteiger partial charge in [-0.2, -0.15) is 0 Å². The highest BCUT2D eigenvalue weighted by Crippen LogP contribution is 2.30. The zero-order valence-electron chi connectivity index (χ0n) is 11.0. The maximum Gasteiger partial charge on any atom is 0.220 e. The summed E-state index contributed by atoms with van der Waals surface area (Å²) in [6, 6.07) is 0.245. The van der Waals surface area contributed by atoms with E-state index in [9.17, 15) is 4.79 Å². The summed E-state index contributed by atoms with van der Waals surface area (Å²) in [6.45, 7) is 4.64. The number of hydrogen-bond donors (Lipinski definition) is 2. The quantitative estimate of drug-likeness (QED) is 0.880. The Labute approximate surface area is 115 Å². The number of amides is 1. The lowest BCUT2D eigenvalue weighted by molar-refractivity contribution is -0.122. The van der Waals surface area contributed by atoms with Crippen molar-refractivity contribution >= 4 is 33.3 Å². The van der Waals surface area contributed by atoms with Gasteiger partial charge >= 0.3 is 0 Å². The highest BCUT2D eigenvalue weighted by Gasteiger charge is 2.20. The number of nitrogens with zero attached hydrogens (tertiary/aromatic N) is 2. The van der Waals surface area contributed by atoms with E-state index in [0.29, 0.717) is 13.0 Å². The fraction of sp³-hybridized carbons (Fsp3) is 0.462. The molecule has 1 aliphatic heterocycles. The molecule has 1 atom stereocenters. The monoisotopic (exact) mass is 276 g/mol. The molecule has 0 saturated carbocycles. The summed E-state index contributed by atoms with van der Waals surface area (Å²) < 4.78 is 0. The number of carbonyl (C=O) groups is 1. The van der Waals surface area contributed by atoms with Crippen LogP contribution in [0.25, 0.3) is 10.2 Å². The molecule has 0 radical (unpaired) electrons. The molecular weight excluding hydrogens is 260 g/mol. The van der Waals surface area contributed by atoms with E-state index in [1.54, 1.807) is 11.3 Å². The minimum atomic E-state index is 0.133. The average molecular weight is 276 g/mol. The standard InChI is InChI=1S/C13H16N4OS/c1-7-6-19-13-11(7)12(15-8(2)16-13)17-9-3-4-10(18)14-5-9/h6,9H,3-5H2,1-2H3,(H,14,18)(H,15,16,17)/t9-/m0/s1. The van der Waals surface area contributed by atoms with E-state index in [1.165, 1.54) is 5.56 Å². The highest BCUT2D eigenvalue weighted by molar-refractivity contribution is 7.17. The maximum atomic E-state index is 11.2. The normalized spacial score (nSPS) is 19.5. The van der Waals surface area contributed by atoms with Crippen LogP contribution >= 0.6 is 11.3 Å². The molecule has 0 aromatic carbocycles. The van der Waals surface area contributed by atoms with Crippen molar-refractivity contribution in [2.75, 3.05) is 11.9 Å². The molecule has 0 spiro atoms. The summed E-state index contributed by atoms with van der Waals surface area (Å²) in [7, 11) is 0. The van der Waals surface area contributed by atoms with Crippen LogP contribution in [0.5, 0.6) is 0 Å². The number of carbonyl (C=O) groups excluding carboxylic acids is 1. The van der Waals surface area contributed by atoms with E-state index in [4.69, 9.17) is 0 Å². The molecule has 0 unspecified atom stereocenters. The molecule has 0 aliphatic carbocycles. The van der Waals surface area contributed by atoms with Crippen molar-refractivity contribution in [1.82, 2.24) is 15.3 Å². The number of rotatable bonds is 2. The van der Waals surface area contributed by atoms with Crippen molar-refractivity contribution in [3.8, 4) is 0 Å². The highest BCUT2D eigenvalue weighted by atomic mass is 32.1. The molecule has 1 fully saturated rings. The van der Waals surface area contributed by atoms with Crippen LogP contribution in [0.3, 0.4) is 0 Å². The van der Waals surface area contributed by atoms with Crippen molar-refractivity contribution in [2.24, 2.45) is 0 Å². The summed E-state index contributed by atoms with van der Waals surface area (Å²) in [5.41, 5.74) is 1.20. The molecule has 2 N–H and O–H groups in total. The predicted octanol–water partition coefficient (Wildman–Crippen LogP) is 2.00. The Balaban J connectivity index is 1.91. The summed E-state index contributed by atoms with van der Waals surface area (Å²) in [6.07, 6.45) is 1.42. The van der Waals surface area contributed by atoms with Gasteiger partial charge in [0.1, 0.15) is 16.5 Å². The zero-order valence-corrected chi connectivity index (χ0v) is 11.8. The number of thiophene rings is 1. The van der Waals surface area contributed by atoms with Crippen molar-refractivity contribution < 1.29 is 4.79 Å². The Morgan fingerprint density at radius 2 is 2.26 bits per heavy atom. The molecule has 2 aromatic heterocycles. The molecule has 2 aromatic rings. The van der Waals surface area contributed by atoms with E-state index in [-0.39, 0.29) is 11.9 Å². The summed E-state index contributed by atoms with van der Waals surface area (Å²) >= 11 is 1.64. The lowest BCUT2D eigenvalue weighted by Gasteiger charge is -2.24. The minimum Gasteiger partial charge on any atom is -0.365 e. The number of aryl methyl sites for hydroxylation is 2. The smallest absolute Gasteiger partial charge is 0.220 e. The van der Waals surface area contributed by atoms with Crippen molar-refractivity contribution in [3.05, 3.63) is 16.8 Å². The van der Waals surface area contributed by atoms with Gasteiger partial charge < -0.3 is 10.6 Å². The Morgan fingerprint density at radius 1 is 1.42 bits per heavy atom. The lowest BCUT2D eigenvalue weighted by atomic mass is 10.1. The molecule has 19 heavy (non-hydrogen) atoms. The first-order valence-electron chi connectivity index (χ1n) is 6.39. The van der Waals surface area contributed by atoms with Crippen molar-refractivity contribution in [3.63, 3.8) is 0 Å². The Kier molecular flexibility index (Phi) is 3.10. The second-order valence-corrected chi connectivity index (χ2v) is 5.76. The Hall–Kier alpha value is -1.69. The van der Waals surface area contributed by atoms with Crippen LogP contribution in [0.2, 0.25) is 0 Å². The van der Waals surface area contributed by atoms with Gasteiger partial charge in [-0.3, -0.25) is 4.79 Å². The zero-order chi connectivity index (χ0) is 13.4. The summed E-state index contributed by atoms with van der Waals surface area (Å²) in [5, 5.41) is 9.54. The molecule has 1 amide bonds. The molecule has 0 bridgehead atoms. The van der Waals surface area contributed by atoms with Crippen LogP contribution in [0.15, 0.2) is 5.38 Å². The van der Waals surface area contributed by atoms with Gasteiger partial charge in [-0.05, 0) is 31.2 Å². The molecule has 3 rings (SSSR count). The summed E-state index contributed by atoms with van der Waals surface area (Å²) in [5.74, 6) is 1.80. The Morgan fingerprint density at radius 3 is 3.00 bits per heavy atom. The number of piperidine rings is 1. The van der Waals surface area contributed by atoms with Gasteiger partial charge in [-0.25, -0.2) is 9.97 Å². The van der Waals surface area contributed by atoms with Gasteiger partial charge in [0, 0.05) is 19.0 Å². The second-order valence-electron chi connectivity index (χ2n) is 4.90. The third-order valence-corrected chi connectivity index (χ3v) is 4.33. The third kappa shape index (κ3) is 2.40. The molecule has 1 aliphatic rings. The Bertz CT molecular complexity index is 627. The minimum absolute atomic E-state index is 0.133. The second kappa shape index (κ2) is 4.77. The van der Waals surface area contributed by atoms with E-state index in [2.05, 4.69) is 32.9 Å². The van der Waals surface area contributed by atoms with E-state index < -0.39 is 0 Å². The first kappa shape index (κ1) is 12.3. The van der Waals surface area contributed by atoms with Crippen molar-refractivity contribution in [1.29, 1.82) is 0 Å². The molecule has 5 nitrogen and oxygen atoms in total. The molecule has 6 heteroatoms. The molecule has 100 valence electrons. The number of hydrogen-bond acceptors (Lipinski definition) is 5. The van der Waals surface area contributed by atoms with Gasteiger partial charge in [0.25, 0.3) is 0 Å². The number of fused-ring (bicyclic) bond motifs is 1. The van der Waals surface area contributed by atoms with Gasteiger partial charge in [0.15, 0.2) is 0 Å². The largest absolute Gasteiger partial charge is 0.365 e. The SMILES string of the molecule is Cc1nc(N[C@H]2CCC(=O)NC2)c2c(C)csc2n1. The number of nitrogens with one attached hydrogen (secondary N) is 2. The molecule has 3 heterocycles. The van der Waals surface area contributed by atoms with Crippen molar-refractivity contribution in [2.45, 2.75) is 32.7 Å². The molecular formula is C13H16N4OS. The topological polar surface area (TPSA) is 66.9 Å². The van der Waals surface area contributed by atoms with Gasteiger partial charge in [0.05, 0.1) is 5.39 Å². The van der Waals surface area contributed by atoms with Crippen LogP contribution in [-0.4, -0.2) is 28.5 Å². The van der Waals surface area contributed by atoms with Crippen LogP contribution in [0.1, 0.15) is 24.2 Å². The third-order valence-electron chi connectivity index (χ3n) is 3.34. The van der Waals surface area contributed by atoms with Gasteiger partial charge in [-0.1, -0.05) is 0 Å². The van der Waals surface area contributed by atoms with E-state index in [1.807, 2.05) is 6.92 Å². The van der Waals surface area contributed by atoms with Gasteiger partial charge in [-0.15, -0.1) is 11.3 Å². The van der Waals surface area contributed by atoms with Crippen LogP contribution in [0, 0.1) is 13.8 Å². The molecule has 1 saturated heterocycles. The van der Waals surface area contributed by atoms with Crippen LogP contribution in [-0.2, 0) is 4.79 Å². The van der Waals surface area contributed by atoms with E-state index >= 15 is 0 Å². The predicted molar refractivity (Wildman–Crippen MR) is 76.5 cm³/mol. The first-order valence-corrected chi connectivity index (χ1v) is 7.27. The van der Waals surface area contributed by atoms with Crippen LogP contribution < -0.4 is 10.6 Å². The fourth-order valence-corrected chi connectivity index (χ4v) is 3.31. The summed E-state index contributed by atoms with van der Waals surface area (Å²) in [4.78, 5) is 21.2. The number of anilines is 1. The van der Waals surface area contributed by atoms with E-state index in [0.717, 1.165) is 28.3 Å². The maximum absolute atomic E-state index is 11.2. The van der Waals surface area contributed by atoms with Crippen LogP contribution in [0.4, 0.5) is 5.82 Å². The number of aromatic nitrogens is 2. The fourth-order valence-electron chi connectivity index (χ4n) is 2.34. The average Bonchev–Trinajstić information content (AvgIpc) is 2.74.